The second-order valence-corrected chi connectivity index (χ2v) is 8.53. The third-order valence-corrected chi connectivity index (χ3v) is 6.30. The number of hydrogen-bond acceptors (Lipinski definition) is 4. The highest BCUT2D eigenvalue weighted by molar-refractivity contribution is 6.31. The van der Waals surface area contributed by atoms with E-state index in [1.54, 1.807) is 23.0 Å². The van der Waals surface area contributed by atoms with Gasteiger partial charge in [0.05, 0.1) is 0 Å². The van der Waals surface area contributed by atoms with Crippen LogP contribution in [0.1, 0.15) is 22.5 Å². The molecule has 2 aliphatic rings. The molecule has 2 aliphatic heterocycles. The molecule has 29 heavy (non-hydrogen) atoms. The summed E-state index contributed by atoms with van der Waals surface area (Å²) in [4.78, 5) is 29.1. The summed E-state index contributed by atoms with van der Waals surface area (Å²) in [6, 6.07) is 7.31. The van der Waals surface area contributed by atoms with Gasteiger partial charge in [-0.05, 0) is 42.5 Å². The molecule has 3 heterocycles. The van der Waals surface area contributed by atoms with Crippen LogP contribution in [0.4, 0.5) is 5.69 Å². The van der Waals surface area contributed by atoms with Crippen LogP contribution in [0.3, 0.4) is 0 Å². The molecule has 1 aromatic heterocycles. The molecule has 2 unspecified atom stereocenters. The molecule has 2 atom stereocenters. The molecule has 0 aliphatic carbocycles. The Hall–Kier alpha value is -2.38. The predicted molar refractivity (Wildman–Crippen MR) is 112 cm³/mol. The van der Waals surface area contributed by atoms with E-state index < -0.39 is 0 Å². The molecule has 2 amide bonds. The third-order valence-electron chi connectivity index (χ3n) is 5.89. The summed E-state index contributed by atoms with van der Waals surface area (Å²) in [6.07, 6.45) is 2.24. The van der Waals surface area contributed by atoms with Crippen molar-refractivity contribution in [3.63, 3.8) is 0 Å². The monoisotopic (exact) mass is 415 g/mol. The second-order valence-electron chi connectivity index (χ2n) is 8.13. The zero-order valence-corrected chi connectivity index (χ0v) is 17.5. The van der Waals surface area contributed by atoms with Crippen molar-refractivity contribution in [2.24, 2.45) is 18.9 Å². The van der Waals surface area contributed by atoms with Crippen molar-refractivity contribution in [2.45, 2.75) is 13.3 Å². The van der Waals surface area contributed by atoms with E-state index in [0.29, 0.717) is 29.0 Å². The number of carbonyl (C=O) groups is 2. The maximum atomic E-state index is 12.6. The van der Waals surface area contributed by atoms with Crippen LogP contribution >= 0.6 is 11.6 Å². The molecule has 2 saturated heterocycles. The maximum Gasteiger partial charge on any atom is 0.274 e. The Balaban J connectivity index is 1.23. The van der Waals surface area contributed by atoms with E-state index in [9.17, 15) is 9.59 Å². The standard InChI is InChI=1S/C21H26ClN5O2/c1-14-3-4-17(9-18(14)22)23-20(28)6-8-26-10-15-12-27(13-16(15)11-26)21(29)19-5-7-25(2)24-19/h3-5,7,9,15-16H,6,8,10-13H2,1-2H3,(H,23,28). The Morgan fingerprint density at radius 1 is 1.17 bits per heavy atom. The number of hydrogen-bond donors (Lipinski definition) is 1. The maximum absolute atomic E-state index is 12.6. The molecule has 0 saturated carbocycles. The Kier molecular flexibility index (Phi) is 5.61. The average Bonchev–Trinajstić information content (AvgIpc) is 3.37. The summed E-state index contributed by atoms with van der Waals surface area (Å²) < 4.78 is 1.65. The number of nitrogens with one attached hydrogen (secondary N) is 1. The van der Waals surface area contributed by atoms with Gasteiger partial charge in [0.2, 0.25) is 5.91 Å². The number of aryl methyl sites for hydroxylation is 2. The van der Waals surface area contributed by atoms with Crippen LogP contribution in [0.15, 0.2) is 30.5 Å². The van der Waals surface area contributed by atoms with Gasteiger partial charge in [-0.2, -0.15) is 5.10 Å². The molecule has 0 spiro atoms. The van der Waals surface area contributed by atoms with Gasteiger partial charge in [0, 0.05) is 63.1 Å². The van der Waals surface area contributed by atoms with Gasteiger partial charge in [-0.1, -0.05) is 17.7 Å². The number of halogens is 1. The van der Waals surface area contributed by atoms with Gasteiger partial charge < -0.3 is 15.1 Å². The summed E-state index contributed by atoms with van der Waals surface area (Å²) in [7, 11) is 1.82. The van der Waals surface area contributed by atoms with Crippen molar-refractivity contribution >= 4 is 29.1 Å². The first-order chi connectivity index (χ1) is 13.9. The molecular weight excluding hydrogens is 390 g/mol. The average molecular weight is 416 g/mol. The minimum atomic E-state index is -0.00562. The number of likely N-dealkylation sites (tertiary alicyclic amines) is 2. The highest BCUT2D eigenvalue weighted by Gasteiger charge is 2.41. The zero-order chi connectivity index (χ0) is 20.5. The highest BCUT2D eigenvalue weighted by Crippen LogP contribution is 2.31. The van der Waals surface area contributed by atoms with E-state index in [0.717, 1.165) is 44.0 Å². The zero-order valence-electron chi connectivity index (χ0n) is 16.8. The van der Waals surface area contributed by atoms with Crippen molar-refractivity contribution in [1.29, 1.82) is 0 Å². The van der Waals surface area contributed by atoms with Crippen LogP contribution in [0.5, 0.6) is 0 Å². The van der Waals surface area contributed by atoms with E-state index in [4.69, 9.17) is 11.6 Å². The molecular formula is C21H26ClN5O2. The molecule has 0 radical (unpaired) electrons. The highest BCUT2D eigenvalue weighted by atomic mass is 35.5. The first kappa shape index (κ1) is 19.9. The van der Waals surface area contributed by atoms with Crippen molar-refractivity contribution in [3.05, 3.63) is 46.7 Å². The summed E-state index contributed by atoms with van der Waals surface area (Å²) in [5.41, 5.74) is 2.23. The lowest BCUT2D eigenvalue weighted by atomic mass is 10.0. The van der Waals surface area contributed by atoms with Crippen LogP contribution in [-0.4, -0.2) is 64.1 Å². The summed E-state index contributed by atoms with van der Waals surface area (Å²) in [5.74, 6) is 0.958. The fraction of sp³-hybridized carbons (Fsp3) is 0.476. The lowest BCUT2D eigenvalue weighted by molar-refractivity contribution is -0.116. The number of benzene rings is 1. The van der Waals surface area contributed by atoms with Gasteiger partial charge >= 0.3 is 0 Å². The van der Waals surface area contributed by atoms with Crippen LogP contribution in [0, 0.1) is 18.8 Å². The van der Waals surface area contributed by atoms with Crippen LogP contribution < -0.4 is 5.32 Å². The third kappa shape index (κ3) is 4.46. The smallest absolute Gasteiger partial charge is 0.274 e. The van der Waals surface area contributed by atoms with Crippen LogP contribution in [-0.2, 0) is 11.8 Å². The SMILES string of the molecule is Cc1ccc(NC(=O)CCN2CC3CN(C(=O)c4ccn(C)n4)CC3C2)cc1Cl. The van der Waals surface area contributed by atoms with Crippen LogP contribution in [0.2, 0.25) is 5.02 Å². The van der Waals surface area contributed by atoms with Crippen molar-refractivity contribution < 1.29 is 9.59 Å². The van der Waals surface area contributed by atoms with Gasteiger partial charge in [-0.15, -0.1) is 0 Å². The van der Waals surface area contributed by atoms with Crippen molar-refractivity contribution in [3.8, 4) is 0 Å². The minimum Gasteiger partial charge on any atom is -0.337 e. The Labute approximate surface area is 175 Å². The van der Waals surface area contributed by atoms with Crippen molar-refractivity contribution in [2.75, 3.05) is 38.0 Å². The predicted octanol–water partition coefficient (Wildman–Crippen LogP) is 2.41. The van der Waals surface area contributed by atoms with Gasteiger partial charge in [0.15, 0.2) is 0 Å². The molecule has 1 N–H and O–H groups in total. The molecule has 1 aromatic carbocycles. The Morgan fingerprint density at radius 2 is 1.90 bits per heavy atom. The molecule has 154 valence electrons. The van der Waals surface area contributed by atoms with Gasteiger partial charge in [0.25, 0.3) is 5.91 Å². The molecule has 8 heteroatoms. The van der Waals surface area contributed by atoms with E-state index in [1.165, 1.54) is 0 Å². The first-order valence-electron chi connectivity index (χ1n) is 9.96. The number of nitrogens with zero attached hydrogens (tertiary/aromatic N) is 4. The molecule has 2 fully saturated rings. The van der Waals surface area contributed by atoms with Crippen LogP contribution in [0.25, 0.3) is 0 Å². The van der Waals surface area contributed by atoms with E-state index in [2.05, 4.69) is 15.3 Å². The molecule has 2 aromatic rings. The Morgan fingerprint density at radius 3 is 2.52 bits per heavy atom. The van der Waals surface area contributed by atoms with Crippen molar-refractivity contribution in [1.82, 2.24) is 19.6 Å². The largest absolute Gasteiger partial charge is 0.337 e. The fourth-order valence-corrected chi connectivity index (χ4v) is 4.46. The summed E-state index contributed by atoms with van der Waals surface area (Å²) in [5, 5.41) is 7.79. The number of carbonyl (C=O) groups excluding carboxylic acids is 2. The topological polar surface area (TPSA) is 70.5 Å². The minimum absolute atomic E-state index is 0.00562. The number of anilines is 1. The molecule has 0 bridgehead atoms. The van der Waals surface area contributed by atoms with Gasteiger partial charge in [-0.3, -0.25) is 14.3 Å². The quantitative estimate of drug-likeness (QED) is 0.814. The summed E-state index contributed by atoms with van der Waals surface area (Å²) in [6.45, 7) is 6.06. The number of amides is 2. The number of rotatable bonds is 5. The number of fused-ring (bicyclic) bond motifs is 1. The van der Waals surface area contributed by atoms with Gasteiger partial charge in [-0.25, -0.2) is 0 Å². The number of aromatic nitrogens is 2. The first-order valence-corrected chi connectivity index (χ1v) is 10.3. The lowest BCUT2D eigenvalue weighted by Crippen LogP contribution is -2.34. The van der Waals surface area contributed by atoms with Gasteiger partial charge in [0.1, 0.15) is 5.69 Å². The normalized spacial score (nSPS) is 21.4. The fourth-order valence-electron chi connectivity index (χ4n) is 4.28. The second kappa shape index (κ2) is 8.16. The molecule has 7 nitrogen and oxygen atoms in total. The Bertz CT molecular complexity index is 914. The summed E-state index contributed by atoms with van der Waals surface area (Å²) >= 11 is 6.11. The van der Waals surface area contributed by atoms with E-state index in [1.807, 2.05) is 31.0 Å². The van der Waals surface area contributed by atoms with E-state index in [-0.39, 0.29) is 11.8 Å². The van der Waals surface area contributed by atoms with E-state index >= 15 is 0 Å². The molecule has 4 rings (SSSR count). The lowest BCUT2D eigenvalue weighted by Gasteiger charge is -2.21.